The summed E-state index contributed by atoms with van der Waals surface area (Å²) >= 11 is 0. The second kappa shape index (κ2) is 36.3. The van der Waals surface area contributed by atoms with Crippen LogP contribution in [0.25, 0.3) is 0 Å². The fourth-order valence-corrected chi connectivity index (χ4v) is 9.98. The average Bonchev–Trinajstić information content (AvgIpc) is 3.52. The topological polar surface area (TPSA) is 76.2 Å². The number of esters is 1. The number of carbonyl (C=O) groups is 3. The molecule has 0 radical (unpaired) electrons. The number of hydrogen-bond donors (Lipinski definition) is 0. The minimum absolute atomic E-state index is 0.0124. The van der Waals surface area contributed by atoms with Gasteiger partial charge in [0.25, 0.3) is 0 Å². The fraction of sp³-hybridized carbons (Fsp3) is 0.893. The molecule has 0 saturated carbocycles. The number of Topliss-reactive ketones (excluding diaryl/α,β-unsaturated/α-hetero) is 2. The normalized spacial score (nSPS) is 18.7. The third-order valence-electron chi connectivity index (χ3n) is 14.8. The molecule has 0 aliphatic carbocycles. The van der Waals surface area contributed by atoms with Crippen molar-refractivity contribution in [2.75, 3.05) is 46.4 Å². The Kier molecular flexibility index (Phi) is 33.1. The number of hydrogen-bond acceptors (Lipinski definition) is 7. The van der Waals surface area contributed by atoms with Crippen LogP contribution in [0.15, 0.2) is 17.9 Å². The Labute approximate surface area is 390 Å². The van der Waals surface area contributed by atoms with E-state index in [1.807, 2.05) is 0 Å². The van der Waals surface area contributed by atoms with Gasteiger partial charge in [0.1, 0.15) is 17.7 Å². The molecule has 1 unspecified atom stereocenters. The van der Waals surface area contributed by atoms with Crippen molar-refractivity contribution in [3.05, 3.63) is 17.9 Å². The molecule has 0 amide bonds. The predicted molar refractivity (Wildman–Crippen MR) is 266 cm³/mol. The van der Waals surface area contributed by atoms with Crippen LogP contribution in [-0.4, -0.2) is 85.9 Å². The van der Waals surface area contributed by atoms with Gasteiger partial charge in [-0.1, -0.05) is 137 Å². The predicted octanol–water partition coefficient (Wildman–Crippen LogP) is 14.6. The number of nitrogens with zero attached hydrogens (tertiary/aromatic N) is 2. The van der Waals surface area contributed by atoms with Crippen LogP contribution in [0, 0.1) is 17.3 Å². The van der Waals surface area contributed by atoms with Crippen molar-refractivity contribution in [2.45, 2.75) is 259 Å². The molecule has 7 heteroatoms. The number of allylic oxidation sites excluding steroid dienone is 1. The number of ketones is 2. The summed E-state index contributed by atoms with van der Waals surface area (Å²) in [5, 5.41) is 0. The molecule has 0 aromatic heterocycles. The van der Waals surface area contributed by atoms with Gasteiger partial charge in [-0.15, -0.1) is 5.73 Å². The molecule has 63 heavy (non-hydrogen) atoms. The molecule has 7 nitrogen and oxygen atoms in total. The quantitative estimate of drug-likeness (QED) is 0.0345. The Morgan fingerprint density at radius 3 is 2.02 bits per heavy atom. The second-order valence-corrected chi connectivity index (χ2v) is 20.9. The summed E-state index contributed by atoms with van der Waals surface area (Å²) in [6, 6.07) is 0.419. The molecule has 0 N–H and O–H groups in total. The van der Waals surface area contributed by atoms with E-state index in [9.17, 15) is 14.4 Å². The van der Waals surface area contributed by atoms with E-state index in [0.717, 1.165) is 123 Å². The molecule has 2 aliphatic rings. The van der Waals surface area contributed by atoms with Crippen molar-refractivity contribution in [3.63, 3.8) is 0 Å². The SMILES string of the molecule is C=C=C(CCC(=O)CC[C@H]1C[C@@H](COCCCCCCCC(=O)OC(CCCCCCCC)CCCCCCCC)N(CCCCCCC(C)(C)C(C)=O)C1)C1CCCN(C)CC1. The van der Waals surface area contributed by atoms with E-state index in [0.29, 0.717) is 42.9 Å². The first kappa shape index (κ1) is 57.3. The number of rotatable bonds is 40. The summed E-state index contributed by atoms with van der Waals surface area (Å²) < 4.78 is 12.4. The van der Waals surface area contributed by atoms with Gasteiger partial charge >= 0.3 is 5.97 Å². The number of unbranched alkanes of at least 4 members (excludes halogenated alkanes) is 17. The Hall–Kier alpha value is -1.79. The third kappa shape index (κ3) is 28.1. The Balaban J connectivity index is 1.72. The van der Waals surface area contributed by atoms with Crippen molar-refractivity contribution in [1.29, 1.82) is 0 Å². The Bertz CT molecular complexity index is 1230. The van der Waals surface area contributed by atoms with Gasteiger partial charge in [0.05, 0.1) is 6.61 Å². The first-order valence-electron chi connectivity index (χ1n) is 27.1. The molecule has 366 valence electrons. The Morgan fingerprint density at radius 1 is 0.730 bits per heavy atom. The maximum atomic E-state index is 13.2. The summed E-state index contributed by atoms with van der Waals surface area (Å²) in [5.74, 6) is 1.76. The number of carbonyl (C=O) groups excluding carboxylic acids is 3. The highest BCUT2D eigenvalue weighted by atomic mass is 16.5. The highest BCUT2D eigenvalue weighted by Gasteiger charge is 2.32. The minimum atomic E-state index is -0.213. The van der Waals surface area contributed by atoms with Crippen molar-refractivity contribution in [1.82, 2.24) is 9.80 Å². The zero-order valence-corrected chi connectivity index (χ0v) is 42.5. The summed E-state index contributed by atoms with van der Waals surface area (Å²) in [7, 11) is 2.21. The van der Waals surface area contributed by atoms with Crippen LogP contribution in [0.4, 0.5) is 0 Å². The molecular formula is C56H102N2O5. The molecule has 2 aliphatic heterocycles. The van der Waals surface area contributed by atoms with Crippen LogP contribution in [0.1, 0.15) is 247 Å². The highest BCUT2D eigenvalue weighted by molar-refractivity contribution is 5.81. The van der Waals surface area contributed by atoms with Gasteiger partial charge in [0.15, 0.2) is 0 Å². The lowest BCUT2D eigenvalue weighted by molar-refractivity contribution is -0.150. The molecule has 0 spiro atoms. The van der Waals surface area contributed by atoms with Crippen LogP contribution in [-0.2, 0) is 23.9 Å². The van der Waals surface area contributed by atoms with Crippen molar-refractivity contribution in [2.24, 2.45) is 17.3 Å². The summed E-state index contributed by atoms with van der Waals surface area (Å²) in [6.07, 6.45) is 36.7. The number of ether oxygens (including phenoxy) is 2. The summed E-state index contributed by atoms with van der Waals surface area (Å²) in [5.41, 5.74) is 4.30. The van der Waals surface area contributed by atoms with Gasteiger partial charge < -0.3 is 14.4 Å². The standard InChI is InChI=1S/C56H102N2O5/c1-8-11-13-15-18-24-32-54(33-25-19-16-14-12-9-2)63-55(61)34-26-20-17-23-29-44-62-47-52-45-49(46-58(52)42-28-22-21-27-40-56(5,6)48(4)59)35-37-53(60)38-36-50(10-3)51-31-30-41-57(7)43-39-51/h49,51-52,54H,3,8-9,11-47H2,1-2,4-7H3/t49-,51?,52-/m0/s1. The van der Waals surface area contributed by atoms with E-state index in [1.54, 1.807) is 6.92 Å². The second-order valence-electron chi connectivity index (χ2n) is 20.9. The van der Waals surface area contributed by atoms with Crippen LogP contribution < -0.4 is 0 Å². The largest absolute Gasteiger partial charge is 0.462 e. The van der Waals surface area contributed by atoms with Crippen molar-refractivity contribution < 1.29 is 23.9 Å². The lowest BCUT2D eigenvalue weighted by Crippen LogP contribution is -2.34. The maximum Gasteiger partial charge on any atom is 0.306 e. The van der Waals surface area contributed by atoms with Gasteiger partial charge in [-0.25, -0.2) is 0 Å². The molecule has 2 rings (SSSR count). The molecule has 0 aromatic rings. The molecule has 0 bridgehead atoms. The summed E-state index contributed by atoms with van der Waals surface area (Å²) in [6.45, 7) is 20.4. The zero-order chi connectivity index (χ0) is 46.0. The molecule has 2 heterocycles. The van der Waals surface area contributed by atoms with Gasteiger partial charge in [0, 0.05) is 43.9 Å². The van der Waals surface area contributed by atoms with E-state index < -0.39 is 0 Å². The molecule has 3 atom stereocenters. The third-order valence-corrected chi connectivity index (χ3v) is 14.8. The van der Waals surface area contributed by atoms with E-state index in [4.69, 9.17) is 9.47 Å². The van der Waals surface area contributed by atoms with Gasteiger partial charge in [-0.3, -0.25) is 19.3 Å². The molecule has 2 fully saturated rings. The van der Waals surface area contributed by atoms with E-state index in [-0.39, 0.29) is 23.3 Å². The fourth-order valence-electron chi connectivity index (χ4n) is 9.98. The lowest BCUT2D eigenvalue weighted by atomic mass is 9.83. The van der Waals surface area contributed by atoms with Gasteiger partial charge in [-0.05, 0) is 141 Å². The van der Waals surface area contributed by atoms with Crippen molar-refractivity contribution >= 4 is 17.5 Å². The minimum Gasteiger partial charge on any atom is -0.462 e. The van der Waals surface area contributed by atoms with Crippen molar-refractivity contribution in [3.8, 4) is 0 Å². The first-order valence-corrected chi connectivity index (χ1v) is 27.1. The van der Waals surface area contributed by atoms with E-state index in [1.165, 1.54) is 115 Å². The van der Waals surface area contributed by atoms with Crippen LogP contribution >= 0.6 is 0 Å². The van der Waals surface area contributed by atoms with Crippen LogP contribution in [0.3, 0.4) is 0 Å². The van der Waals surface area contributed by atoms with E-state index >= 15 is 0 Å². The zero-order valence-electron chi connectivity index (χ0n) is 42.5. The van der Waals surface area contributed by atoms with Gasteiger partial charge in [-0.2, -0.15) is 0 Å². The van der Waals surface area contributed by atoms with Crippen LogP contribution in [0.5, 0.6) is 0 Å². The maximum absolute atomic E-state index is 13.2. The van der Waals surface area contributed by atoms with Gasteiger partial charge in [0.2, 0.25) is 0 Å². The first-order chi connectivity index (χ1) is 30.5. The molecule has 2 saturated heterocycles. The Morgan fingerprint density at radius 2 is 1.35 bits per heavy atom. The van der Waals surface area contributed by atoms with E-state index in [2.05, 4.69) is 56.9 Å². The molecular weight excluding hydrogens is 781 g/mol. The lowest BCUT2D eigenvalue weighted by Gasteiger charge is -2.24. The monoisotopic (exact) mass is 883 g/mol. The van der Waals surface area contributed by atoms with Crippen LogP contribution in [0.2, 0.25) is 0 Å². The molecule has 0 aromatic carbocycles. The smallest absolute Gasteiger partial charge is 0.306 e. The average molecular weight is 883 g/mol. The summed E-state index contributed by atoms with van der Waals surface area (Å²) in [4.78, 5) is 43.1. The number of likely N-dealkylation sites (tertiary alicyclic amines) is 2. The highest BCUT2D eigenvalue weighted by Crippen LogP contribution is 2.31.